The molecule has 2 heterocycles. The van der Waals surface area contributed by atoms with Crippen LogP contribution in [-0.4, -0.2) is 43.1 Å². The zero-order chi connectivity index (χ0) is 22.7. The zero-order valence-corrected chi connectivity index (χ0v) is 17.8. The number of benzene rings is 1. The molecular formula is C24H27FN2O4. The van der Waals surface area contributed by atoms with Crippen LogP contribution in [-0.2, 0) is 4.79 Å². The number of aliphatic hydroxyl groups is 2. The van der Waals surface area contributed by atoms with Crippen molar-refractivity contribution in [3.63, 3.8) is 0 Å². The Labute approximate surface area is 180 Å². The van der Waals surface area contributed by atoms with Crippen LogP contribution >= 0.6 is 0 Å². The highest BCUT2D eigenvalue weighted by Crippen LogP contribution is 2.34. The third-order valence-corrected chi connectivity index (χ3v) is 5.17. The van der Waals surface area contributed by atoms with Crippen LogP contribution in [0.5, 0.6) is 0 Å². The predicted octanol–water partition coefficient (Wildman–Crippen LogP) is 4.17. The van der Waals surface area contributed by atoms with Crippen molar-refractivity contribution < 1.29 is 24.5 Å². The smallest absolute Gasteiger partial charge is 0.305 e. The number of carboxylic acids is 1. The predicted molar refractivity (Wildman–Crippen MR) is 117 cm³/mol. The molecule has 0 fully saturated rings. The standard InChI is InChI=1S/C24H27FN2O4/c1-14(2)23-20(10-9-18(28)12-19(29)13-22(30)31)24(16-5-7-17(25)8-6-16)26-27-15(3)4-11-21(23)27/h4-11,14,18-19,28-29H,12-13H2,1-3H3,(H,30,31)/b10-9+. The van der Waals surface area contributed by atoms with Crippen LogP contribution in [0.1, 0.15) is 49.4 Å². The van der Waals surface area contributed by atoms with Gasteiger partial charge in [0.15, 0.2) is 0 Å². The zero-order valence-electron chi connectivity index (χ0n) is 17.8. The summed E-state index contributed by atoms with van der Waals surface area (Å²) in [7, 11) is 0. The van der Waals surface area contributed by atoms with E-state index in [1.807, 2.05) is 23.6 Å². The quantitative estimate of drug-likeness (QED) is 0.502. The molecule has 3 rings (SSSR count). The van der Waals surface area contributed by atoms with E-state index in [0.717, 1.165) is 27.9 Å². The van der Waals surface area contributed by atoms with Crippen molar-refractivity contribution in [2.24, 2.45) is 0 Å². The van der Waals surface area contributed by atoms with E-state index in [9.17, 15) is 19.4 Å². The number of aliphatic hydroxyl groups excluding tert-OH is 2. The van der Waals surface area contributed by atoms with Gasteiger partial charge in [0.1, 0.15) is 5.82 Å². The lowest BCUT2D eigenvalue weighted by molar-refractivity contribution is -0.139. The molecule has 0 aliphatic heterocycles. The van der Waals surface area contributed by atoms with Crippen LogP contribution in [0.4, 0.5) is 4.39 Å². The van der Waals surface area contributed by atoms with Crippen LogP contribution in [0.25, 0.3) is 22.9 Å². The van der Waals surface area contributed by atoms with Gasteiger partial charge in [-0.3, -0.25) is 4.79 Å². The maximum atomic E-state index is 13.5. The van der Waals surface area contributed by atoms with Crippen LogP contribution in [0.2, 0.25) is 0 Å². The summed E-state index contributed by atoms with van der Waals surface area (Å²) in [5, 5.41) is 33.7. The molecule has 0 aliphatic rings. The first-order valence-corrected chi connectivity index (χ1v) is 10.2. The Hall–Kier alpha value is -3.03. The molecule has 0 radical (unpaired) electrons. The molecule has 3 N–H and O–H groups in total. The lowest BCUT2D eigenvalue weighted by Gasteiger charge is -2.18. The van der Waals surface area contributed by atoms with Gasteiger partial charge in [0.25, 0.3) is 0 Å². The second kappa shape index (κ2) is 9.41. The summed E-state index contributed by atoms with van der Waals surface area (Å²) in [6.45, 7) is 6.09. The number of hydrogen-bond acceptors (Lipinski definition) is 4. The lowest BCUT2D eigenvalue weighted by Crippen LogP contribution is -2.19. The Morgan fingerprint density at radius 2 is 1.84 bits per heavy atom. The molecule has 0 saturated carbocycles. The van der Waals surface area contributed by atoms with Crippen molar-refractivity contribution in [3.8, 4) is 11.3 Å². The second-order valence-corrected chi connectivity index (χ2v) is 8.02. The fourth-order valence-corrected chi connectivity index (χ4v) is 3.73. The fourth-order valence-electron chi connectivity index (χ4n) is 3.73. The molecule has 2 atom stereocenters. The minimum atomic E-state index is -1.15. The maximum absolute atomic E-state index is 13.5. The molecule has 6 nitrogen and oxygen atoms in total. The first-order valence-electron chi connectivity index (χ1n) is 10.2. The number of aromatic nitrogens is 2. The monoisotopic (exact) mass is 426 g/mol. The van der Waals surface area contributed by atoms with Crippen LogP contribution in [0.15, 0.2) is 42.5 Å². The molecule has 0 bridgehead atoms. The van der Waals surface area contributed by atoms with Gasteiger partial charge < -0.3 is 15.3 Å². The number of hydrogen-bond donors (Lipinski definition) is 3. The second-order valence-electron chi connectivity index (χ2n) is 8.02. The third kappa shape index (κ3) is 5.18. The molecule has 2 unspecified atom stereocenters. The number of carboxylic acid groups (broad SMARTS) is 1. The van der Waals surface area contributed by atoms with Gasteiger partial charge in [-0.25, -0.2) is 8.91 Å². The Kier molecular flexibility index (Phi) is 6.87. The molecule has 3 aromatic rings. The van der Waals surface area contributed by atoms with Gasteiger partial charge in [0, 0.05) is 23.2 Å². The summed E-state index contributed by atoms with van der Waals surface area (Å²) in [6.07, 6.45) is 0.590. The molecule has 0 spiro atoms. The number of nitrogens with zero attached hydrogens (tertiary/aromatic N) is 2. The van der Waals surface area contributed by atoms with Gasteiger partial charge in [-0.1, -0.05) is 26.0 Å². The molecule has 1 aromatic carbocycles. The van der Waals surface area contributed by atoms with Crippen molar-refractivity contribution >= 4 is 17.6 Å². The van der Waals surface area contributed by atoms with Crippen molar-refractivity contribution in [3.05, 3.63) is 65.1 Å². The summed E-state index contributed by atoms with van der Waals surface area (Å²) in [4.78, 5) is 10.7. The Morgan fingerprint density at radius 3 is 2.45 bits per heavy atom. The van der Waals surface area contributed by atoms with Gasteiger partial charge in [-0.15, -0.1) is 0 Å². The van der Waals surface area contributed by atoms with Crippen LogP contribution in [0.3, 0.4) is 0 Å². The van der Waals surface area contributed by atoms with Crippen molar-refractivity contribution in [1.82, 2.24) is 9.61 Å². The lowest BCUT2D eigenvalue weighted by atomic mass is 9.93. The van der Waals surface area contributed by atoms with Crippen LogP contribution in [0, 0.1) is 12.7 Å². The van der Waals surface area contributed by atoms with Crippen molar-refractivity contribution in [1.29, 1.82) is 0 Å². The van der Waals surface area contributed by atoms with Gasteiger partial charge in [0.2, 0.25) is 0 Å². The molecule has 31 heavy (non-hydrogen) atoms. The molecule has 164 valence electrons. The number of halogens is 1. The largest absolute Gasteiger partial charge is 0.481 e. The summed E-state index contributed by atoms with van der Waals surface area (Å²) in [5.74, 6) is -1.33. The Morgan fingerprint density at radius 1 is 1.16 bits per heavy atom. The summed E-state index contributed by atoms with van der Waals surface area (Å²) in [6, 6.07) is 10.1. The average Bonchev–Trinajstić information content (AvgIpc) is 3.05. The third-order valence-electron chi connectivity index (χ3n) is 5.17. The van der Waals surface area contributed by atoms with E-state index in [4.69, 9.17) is 10.2 Å². The van der Waals surface area contributed by atoms with Gasteiger partial charge >= 0.3 is 5.97 Å². The highest BCUT2D eigenvalue weighted by molar-refractivity contribution is 5.79. The number of fused-ring (bicyclic) bond motifs is 1. The number of rotatable bonds is 8. The summed E-state index contributed by atoms with van der Waals surface area (Å²) >= 11 is 0. The normalized spacial score (nSPS) is 13.9. The SMILES string of the molecule is Cc1ccc2c(C(C)C)c(/C=C/C(O)CC(O)CC(=O)O)c(-c3ccc(F)cc3)nn12. The first-order chi connectivity index (χ1) is 14.7. The van der Waals surface area contributed by atoms with Gasteiger partial charge in [-0.05, 0) is 54.8 Å². The number of aryl methyl sites for hydroxylation is 1. The average molecular weight is 426 g/mol. The summed E-state index contributed by atoms with van der Waals surface area (Å²) < 4.78 is 15.4. The molecular weight excluding hydrogens is 399 g/mol. The van der Waals surface area contributed by atoms with Crippen LogP contribution < -0.4 is 0 Å². The Bertz CT molecular complexity index is 1100. The molecule has 0 aliphatic carbocycles. The number of aliphatic carboxylic acids is 1. The van der Waals surface area contributed by atoms with Gasteiger partial charge in [-0.2, -0.15) is 5.10 Å². The van der Waals surface area contributed by atoms with E-state index in [2.05, 4.69) is 13.8 Å². The topological polar surface area (TPSA) is 95.1 Å². The van der Waals surface area contributed by atoms with E-state index < -0.39 is 24.6 Å². The van der Waals surface area contributed by atoms with E-state index in [0.29, 0.717) is 5.69 Å². The van der Waals surface area contributed by atoms with E-state index >= 15 is 0 Å². The minimum absolute atomic E-state index is 0.0917. The minimum Gasteiger partial charge on any atom is -0.481 e. The maximum Gasteiger partial charge on any atom is 0.305 e. The Balaban J connectivity index is 2.11. The molecule has 2 aromatic heterocycles. The summed E-state index contributed by atoms with van der Waals surface area (Å²) in [5.41, 5.74) is 5.10. The molecule has 0 amide bonds. The van der Waals surface area contributed by atoms with E-state index in [1.54, 1.807) is 18.2 Å². The first kappa shape index (κ1) is 22.7. The van der Waals surface area contributed by atoms with Crippen molar-refractivity contribution in [2.75, 3.05) is 0 Å². The highest BCUT2D eigenvalue weighted by Gasteiger charge is 2.19. The fraction of sp³-hybridized carbons (Fsp3) is 0.333. The molecule has 0 saturated heterocycles. The number of carbonyl (C=O) groups is 1. The van der Waals surface area contributed by atoms with E-state index in [1.165, 1.54) is 18.2 Å². The highest BCUT2D eigenvalue weighted by atomic mass is 19.1. The molecule has 7 heteroatoms. The van der Waals surface area contributed by atoms with E-state index in [-0.39, 0.29) is 18.2 Å². The van der Waals surface area contributed by atoms with Crippen molar-refractivity contribution in [2.45, 2.75) is 51.7 Å². The van der Waals surface area contributed by atoms with Gasteiger partial charge in [0.05, 0.1) is 29.8 Å².